The number of hydrogen-bond donors (Lipinski definition) is 4. The van der Waals surface area contributed by atoms with Gasteiger partial charge < -0.3 is 68.6 Å². The minimum atomic E-state index is -1.51. The zero-order valence-electron chi connectivity index (χ0n) is 42.8. The quantitative estimate of drug-likeness (QED) is 0.0567. The summed E-state index contributed by atoms with van der Waals surface area (Å²) in [5.41, 5.74) is 2.33. The van der Waals surface area contributed by atoms with E-state index in [9.17, 15) is 24.0 Å². The second-order valence-corrected chi connectivity index (χ2v) is 19.3. The van der Waals surface area contributed by atoms with Crippen LogP contribution in [0.4, 0.5) is 4.79 Å². The van der Waals surface area contributed by atoms with Crippen molar-refractivity contribution in [2.75, 3.05) is 19.8 Å². The molecule has 402 valence electrons. The first kappa shape index (κ1) is 56.2. The molecular weight excluding hydrogens is 969 g/mol. The lowest BCUT2D eigenvalue weighted by atomic mass is 9.93. The predicted octanol–water partition coefficient (Wildman–Crippen LogP) is 5.46. The molecule has 3 aliphatic rings. The molecule has 0 aromatic heterocycles. The summed E-state index contributed by atoms with van der Waals surface area (Å²) < 4.78 is 64.2. The van der Waals surface area contributed by atoms with Gasteiger partial charge in [-0.1, -0.05) is 134 Å². The van der Waals surface area contributed by atoms with E-state index in [0.717, 1.165) is 22.3 Å². The van der Waals surface area contributed by atoms with Gasteiger partial charge in [-0.25, -0.2) is 9.59 Å². The summed E-state index contributed by atoms with van der Waals surface area (Å²) in [5, 5.41) is 11.2. The van der Waals surface area contributed by atoms with Crippen LogP contribution >= 0.6 is 0 Å². The number of benzene rings is 4. The Labute approximate surface area is 437 Å². The molecule has 3 aliphatic heterocycles. The molecule has 4 amide bonds. The molecule has 7 rings (SSSR count). The summed E-state index contributed by atoms with van der Waals surface area (Å²) in [6.45, 7) is 11.2. The molecule has 12 atom stereocenters. The topological polar surface area (TPSA) is 226 Å². The molecule has 0 radical (unpaired) electrons. The number of hydrogen-bond acceptors (Lipinski definition) is 15. The highest BCUT2D eigenvalue weighted by molar-refractivity contribution is 5.88. The lowest BCUT2D eigenvalue weighted by Crippen LogP contribution is -2.72. The third kappa shape index (κ3) is 16.7. The standard InChI is InChI=1S/C56H68N4O15/c1-7-28-67-52(64)41(59-55(65)75-56(4,5)6)29-44(63)60-51-45(57-35(2)61)49(68-31-38-22-14-9-15-23-38)47(42(71-51)33-66-30-37-20-12-8-13-21-37)74-54-46(58-36(3)62)50(69-32-39-24-16-10-17-25-39)48-43(72-54)34-70-53(73-48)40-26-18-11-19-27-40/h7-27,41-43,45-51,53-54H,1,28-34H2,2-6H3,(H,57,61)(H,58,62)(H,59,65)(H,60,63)/t41-,42+,43+,45+,46+,47+,48+,49+,50+,51+,53?,54-/m0/s1. The van der Waals surface area contributed by atoms with Gasteiger partial charge in [0.25, 0.3) is 0 Å². The summed E-state index contributed by atoms with van der Waals surface area (Å²) in [6, 6.07) is 34.0. The van der Waals surface area contributed by atoms with Crippen LogP contribution in [0.2, 0.25) is 0 Å². The van der Waals surface area contributed by atoms with E-state index in [0.29, 0.717) is 0 Å². The molecular formula is C56H68N4O15. The summed E-state index contributed by atoms with van der Waals surface area (Å²) in [6.07, 6.45) is -9.67. The van der Waals surface area contributed by atoms with Gasteiger partial charge in [-0.05, 0) is 37.5 Å². The first-order valence-electron chi connectivity index (χ1n) is 25.0. The van der Waals surface area contributed by atoms with Crippen molar-refractivity contribution in [2.24, 2.45) is 0 Å². The Hall–Kier alpha value is -6.55. The molecule has 0 bridgehead atoms. The summed E-state index contributed by atoms with van der Waals surface area (Å²) in [4.78, 5) is 67.2. The molecule has 1 unspecified atom stereocenters. The normalized spacial score (nSPS) is 25.8. The van der Waals surface area contributed by atoms with Crippen molar-refractivity contribution in [3.63, 3.8) is 0 Å². The lowest BCUT2D eigenvalue weighted by molar-refractivity contribution is -0.366. The maximum atomic E-state index is 14.3. The van der Waals surface area contributed by atoms with Crippen LogP contribution in [0.25, 0.3) is 0 Å². The average Bonchev–Trinajstić information content (AvgIpc) is 3.39. The van der Waals surface area contributed by atoms with Crippen LogP contribution in [0.3, 0.4) is 0 Å². The minimum Gasteiger partial charge on any atom is -0.460 e. The van der Waals surface area contributed by atoms with E-state index in [1.807, 2.05) is 121 Å². The van der Waals surface area contributed by atoms with Crippen molar-refractivity contribution in [3.8, 4) is 0 Å². The summed E-state index contributed by atoms with van der Waals surface area (Å²) in [5.74, 6) is -2.64. The number of alkyl carbamates (subject to hydrolysis) is 1. The maximum absolute atomic E-state index is 14.3. The second-order valence-electron chi connectivity index (χ2n) is 19.3. The van der Waals surface area contributed by atoms with Gasteiger partial charge in [0.2, 0.25) is 17.7 Å². The van der Waals surface area contributed by atoms with Gasteiger partial charge in [-0.2, -0.15) is 0 Å². The molecule has 19 nitrogen and oxygen atoms in total. The molecule has 3 saturated heterocycles. The fourth-order valence-electron chi connectivity index (χ4n) is 8.85. The largest absolute Gasteiger partial charge is 0.460 e. The van der Waals surface area contributed by atoms with Crippen molar-refractivity contribution >= 4 is 29.8 Å². The Morgan fingerprint density at radius 2 is 1.25 bits per heavy atom. The van der Waals surface area contributed by atoms with Crippen LogP contribution in [-0.4, -0.2) is 122 Å². The maximum Gasteiger partial charge on any atom is 0.408 e. The Balaban J connectivity index is 1.25. The third-order valence-corrected chi connectivity index (χ3v) is 12.1. The molecule has 0 aliphatic carbocycles. The zero-order valence-corrected chi connectivity index (χ0v) is 42.8. The third-order valence-electron chi connectivity index (χ3n) is 12.1. The van der Waals surface area contributed by atoms with Crippen LogP contribution in [0, 0.1) is 0 Å². The van der Waals surface area contributed by atoms with E-state index in [2.05, 4.69) is 27.8 Å². The Morgan fingerprint density at radius 1 is 0.693 bits per heavy atom. The highest BCUT2D eigenvalue weighted by atomic mass is 16.8. The molecule has 4 N–H and O–H groups in total. The van der Waals surface area contributed by atoms with Crippen LogP contribution < -0.4 is 21.3 Å². The van der Waals surface area contributed by atoms with Gasteiger partial charge in [0.1, 0.15) is 67.0 Å². The monoisotopic (exact) mass is 1040 g/mol. The number of ether oxygens (including phenoxy) is 10. The average molecular weight is 1040 g/mol. The molecule has 3 fully saturated rings. The van der Waals surface area contributed by atoms with Gasteiger partial charge >= 0.3 is 12.1 Å². The van der Waals surface area contributed by atoms with Gasteiger partial charge in [-0.15, -0.1) is 0 Å². The lowest BCUT2D eigenvalue weighted by Gasteiger charge is -2.52. The smallest absolute Gasteiger partial charge is 0.408 e. The van der Waals surface area contributed by atoms with Crippen molar-refractivity contribution < 1.29 is 71.3 Å². The molecule has 0 spiro atoms. The number of nitrogens with one attached hydrogen (secondary N) is 4. The fourth-order valence-corrected chi connectivity index (χ4v) is 8.85. The van der Waals surface area contributed by atoms with E-state index in [1.165, 1.54) is 19.9 Å². The first-order valence-corrected chi connectivity index (χ1v) is 25.0. The van der Waals surface area contributed by atoms with E-state index in [4.69, 9.17) is 47.4 Å². The molecule has 0 saturated carbocycles. The van der Waals surface area contributed by atoms with Crippen molar-refractivity contribution in [1.82, 2.24) is 21.3 Å². The van der Waals surface area contributed by atoms with Crippen molar-refractivity contribution in [2.45, 2.75) is 140 Å². The van der Waals surface area contributed by atoms with Gasteiger partial charge in [-0.3, -0.25) is 14.4 Å². The predicted molar refractivity (Wildman–Crippen MR) is 271 cm³/mol. The Morgan fingerprint density at radius 3 is 1.83 bits per heavy atom. The molecule has 75 heavy (non-hydrogen) atoms. The number of rotatable bonds is 22. The highest BCUT2D eigenvalue weighted by Crippen LogP contribution is 2.38. The number of carbonyl (C=O) groups excluding carboxylic acids is 5. The van der Waals surface area contributed by atoms with Crippen molar-refractivity contribution in [1.29, 1.82) is 0 Å². The first-order chi connectivity index (χ1) is 36.1. The highest BCUT2D eigenvalue weighted by Gasteiger charge is 2.55. The number of esters is 1. The van der Waals surface area contributed by atoms with Crippen LogP contribution in [-0.2, 0) is 86.4 Å². The number of carbonyl (C=O) groups is 5. The van der Waals surface area contributed by atoms with Gasteiger partial charge in [0.15, 0.2) is 18.8 Å². The second kappa shape index (κ2) is 27.3. The number of fused-ring (bicyclic) bond motifs is 1. The SMILES string of the molecule is C=CCOC(=O)[C@H](CC(=O)N[C@@H]1O[C@H](COCc2ccccc2)[C@@H](O[C@@H]2O[C@@H]3COC(c4ccccc4)O[C@H]3[C@H](OCc3ccccc3)[C@H]2NC(C)=O)[C@H](OCc2ccccc2)[C@H]1NC(C)=O)NC(=O)OC(C)(C)C. The minimum absolute atomic E-state index is 0.00650. The number of amides is 4. The summed E-state index contributed by atoms with van der Waals surface area (Å²) >= 11 is 0. The van der Waals surface area contributed by atoms with Crippen molar-refractivity contribution in [3.05, 3.63) is 156 Å². The molecule has 3 heterocycles. The van der Waals surface area contributed by atoms with E-state index in [-0.39, 0.29) is 39.6 Å². The Bertz CT molecular complexity index is 2470. The molecule has 19 heteroatoms. The zero-order chi connectivity index (χ0) is 53.3. The van der Waals surface area contributed by atoms with Crippen LogP contribution in [0.15, 0.2) is 134 Å². The Kier molecular flexibility index (Phi) is 20.5. The summed E-state index contributed by atoms with van der Waals surface area (Å²) in [7, 11) is 0. The van der Waals surface area contributed by atoms with E-state index >= 15 is 0 Å². The molecule has 4 aromatic rings. The van der Waals surface area contributed by atoms with Gasteiger partial charge in [0.05, 0.1) is 39.5 Å². The fraction of sp³-hybridized carbons (Fsp3) is 0.446. The molecule has 4 aromatic carbocycles. The van der Waals surface area contributed by atoms with Gasteiger partial charge in [0, 0.05) is 19.4 Å². The van der Waals surface area contributed by atoms with E-state index in [1.54, 1.807) is 20.8 Å². The van der Waals surface area contributed by atoms with E-state index < -0.39 is 115 Å². The van der Waals surface area contributed by atoms with Crippen LogP contribution in [0.1, 0.15) is 69.6 Å². The van der Waals surface area contributed by atoms with Crippen LogP contribution in [0.5, 0.6) is 0 Å².